The molecule has 0 aromatic heterocycles. The topological polar surface area (TPSA) is 73.9 Å². The van der Waals surface area contributed by atoms with E-state index in [1.54, 1.807) is 6.07 Å². The summed E-state index contributed by atoms with van der Waals surface area (Å²) < 4.78 is 96.4. The molecule has 0 aliphatic heterocycles. The molecule has 0 unspecified atom stereocenters. The molecule has 12 heteroatoms. The molecular formula is C18H17F5NO5P. The van der Waals surface area contributed by atoms with Gasteiger partial charge in [-0.05, 0) is 26.0 Å². The number of esters is 1. The predicted octanol–water partition coefficient (Wildman–Crippen LogP) is 5.23. The number of nitrogens with one attached hydrogen (secondary N) is 1. The van der Waals surface area contributed by atoms with Gasteiger partial charge in [-0.1, -0.05) is 25.1 Å². The van der Waals surface area contributed by atoms with Crippen LogP contribution >= 0.6 is 7.75 Å². The van der Waals surface area contributed by atoms with Crippen LogP contribution in [0.5, 0.6) is 11.5 Å². The third-order valence-corrected chi connectivity index (χ3v) is 5.10. The second kappa shape index (κ2) is 9.01. The second-order valence-corrected chi connectivity index (χ2v) is 7.93. The Balaban J connectivity index is 2.50. The van der Waals surface area contributed by atoms with Gasteiger partial charge in [0.15, 0.2) is 5.72 Å². The van der Waals surface area contributed by atoms with Gasteiger partial charge in [-0.25, -0.2) is 17.7 Å². The van der Waals surface area contributed by atoms with Gasteiger partial charge in [0.2, 0.25) is 34.8 Å². The molecular weight excluding hydrogens is 436 g/mol. The van der Waals surface area contributed by atoms with E-state index in [0.717, 1.165) is 0 Å². The van der Waals surface area contributed by atoms with Crippen LogP contribution in [-0.4, -0.2) is 11.7 Å². The Morgan fingerprint density at radius 1 is 0.933 bits per heavy atom. The normalized spacial score (nSPS) is 13.5. The first-order valence-corrected chi connectivity index (χ1v) is 10.0. The average Bonchev–Trinajstić information content (AvgIpc) is 2.68. The summed E-state index contributed by atoms with van der Waals surface area (Å²) >= 11 is 0. The molecule has 0 bridgehead atoms. The third kappa shape index (κ3) is 5.48. The monoisotopic (exact) mass is 453 g/mol. The number of ether oxygens (including phenoxy) is 1. The molecule has 2 aromatic carbocycles. The van der Waals surface area contributed by atoms with Crippen LogP contribution in [0.1, 0.15) is 27.2 Å². The number of hydrogen-bond donors (Lipinski definition) is 1. The smallest absolute Gasteiger partial charge is 0.444 e. The van der Waals surface area contributed by atoms with Crippen molar-refractivity contribution < 1.29 is 45.1 Å². The molecule has 0 radical (unpaired) electrons. The fourth-order valence-corrected chi connectivity index (χ4v) is 3.81. The zero-order chi connectivity index (χ0) is 22.7. The molecule has 30 heavy (non-hydrogen) atoms. The van der Waals surface area contributed by atoms with Crippen LogP contribution in [0.4, 0.5) is 22.0 Å². The van der Waals surface area contributed by atoms with E-state index in [1.807, 2.05) is 0 Å². The zero-order valence-corrected chi connectivity index (χ0v) is 16.9. The summed E-state index contributed by atoms with van der Waals surface area (Å²) in [6, 6.07) is 7.08. The van der Waals surface area contributed by atoms with Crippen molar-refractivity contribution in [3.63, 3.8) is 0 Å². The van der Waals surface area contributed by atoms with Crippen molar-refractivity contribution in [1.82, 2.24) is 5.09 Å². The van der Waals surface area contributed by atoms with Gasteiger partial charge in [0.05, 0.1) is 0 Å². The first kappa shape index (κ1) is 23.6. The molecule has 0 aliphatic carbocycles. The summed E-state index contributed by atoms with van der Waals surface area (Å²) in [5, 5.41) is 2.14. The number of halogens is 5. The van der Waals surface area contributed by atoms with Crippen molar-refractivity contribution in [3.8, 4) is 11.5 Å². The van der Waals surface area contributed by atoms with E-state index in [4.69, 9.17) is 9.26 Å². The van der Waals surface area contributed by atoms with Gasteiger partial charge >= 0.3 is 13.7 Å². The van der Waals surface area contributed by atoms with E-state index in [1.165, 1.54) is 45.0 Å². The number of carbonyl (C=O) groups excluding carboxylic acids is 1. The number of benzene rings is 2. The molecule has 0 fully saturated rings. The lowest BCUT2D eigenvalue weighted by Crippen LogP contribution is -2.43. The number of carbonyl (C=O) groups is 1. The van der Waals surface area contributed by atoms with Crippen LogP contribution in [0.25, 0.3) is 0 Å². The van der Waals surface area contributed by atoms with Gasteiger partial charge in [0, 0.05) is 6.42 Å². The highest BCUT2D eigenvalue weighted by molar-refractivity contribution is 7.52. The Kier molecular flexibility index (Phi) is 7.10. The lowest BCUT2D eigenvalue weighted by atomic mass is 10.3. The molecule has 1 N–H and O–H groups in total. The molecule has 164 valence electrons. The third-order valence-electron chi connectivity index (χ3n) is 3.41. The first-order valence-electron chi connectivity index (χ1n) is 8.46. The summed E-state index contributed by atoms with van der Waals surface area (Å²) in [5.74, 6) is -14.4. The molecule has 6 nitrogen and oxygen atoms in total. The van der Waals surface area contributed by atoms with E-state index in [0.29, 0.717) is 0 Å². The van der Waals surface area contributed by atoms with Crippen molar-refractivity contribution in [2.24, 2.45) is 0 Å². The molecule has 0 saturated carbocycles. The maximum Gasteiger partial charge on any atom is 0.516 e. The van der Waals surface area contributed by atoms with Crippen LogP contribution in [0, 0.1) is 29.1 Å². The summed E-state index contributed by atoms with van der Waals surface area (Å²) in [6.45, 7) is 3.90. The fraction of sp³-hybridized carbons (Fsp3) is 0.278. The van der Waals surface area contributed by atoms with E-state index in [9.17, 15) is 31.3 Å². The number of para-hydroxylation sites is 1. The largest absolute Gasteiger partial charge is 0.516 e. The number of hydrogen-bond acceptors (Lipinski definition) is 5. The minimum absolute atomic E-state index is 0.0621. The van der Waals surface area contributed by atoms with E-state index in [2.05, 4.69) is 9.61 Å². The Hall–Kier alpha value is -2.65. The van der Waals surface area contributed by atoms with Crippen LogP contribution in [-0.2, 0) is 14.1 Å². The average molecular weight is 453 g/mol. The fourth-order valence-electron chi connectivity index (χ4n) is 2.18. The van der Waals surface area contributed by atoms with Crippen molar-refractivity contribution >= 4 is 13.7 Å². The molecule has 0 spiro atoms. The summed E-state index contributed by atoms with van der Waals surface area (Å²) in [5.41, 5.74) is -1.78. The highest BCUT2D eigenvalue weighted by Crippen LogP contribution is 2.48. The Labute approximate surface area is 168 Å². The summed E-state index contributed by atoms with van der Waals surface area (Å²) in [6.07, 6.45) is -0.0621. The standard InChI is InChI=1S/C18H17F5NO5P/c1-4-11(25)27-18(2,3)24-30(26,28-10-8-6-5-7-9-10)29-17-15(22)13(20)12(19)14(21)16(17)23/h5-9H,4H2,1-3H3,(H,24,26)/t30-/m0/s1. The Morgan fingerprint density at radius 3 is 1.93 bits per heavy atom. The Bertz CT molecular complexity index is 958. The molecule has 0 saturated heterocycles. The van der Waals surface area contributed by atoms with Gasteiger partial charge in [0.25, 0.3) is 0 Å². The van der Waals surface area contributed by atoms with Crippen LogP contribution < -0.4 is 14.1 Å². The summed E-state index contributed by atoms with van der Waals surface area (Å²) in [7, 11) is -4.92. The summed E-state index contributed by atoms with van der Waals surface area (Å²) in [4.78, 5) is 11.6. The maximum atomic E-state index is 14.0. The SMILES string of the molecule is CCC(=O)OC(C)(C)N[P@](=O)(Oc1ccccc1)Oc1c(F)c(F)c(F)c(F)c1F. The molecule has 0 aliphatic rings. The highest BCUT2D eigenvalue weighted by Gasteiger charge is 2.41. The molecule has 0 heterocycles. The minimum atomic E-state index is -4.92. The van der Waals surface area contributed by atoms with Gasteiger partial charge in [-0.2, -0.15) is 13.9 Å². The first-order chi connectivity index (χ1) is 13.9. The van der Waals surface area contributed by atoms with Gasteiger partial charge in [-0.15, -0.1) is 0 Å². The van der Waals surface area contributed by atoms with Gasteiger partial charge < -0.3 is 13.8 Å². The zero-order valence-electron chi connectivity index (χ0n) is 16.0. The quantitative estimate of drug-likeness (QED) is 0.147. The van der Waals surface area contributed by atoms with Crippen molar-refractivity contribution in [2.45, 2.75) is 32.9 Å². The van der Waals surface area contributed by atoms with E-state index < -0.39 is 54.3 Å². The molecule has 0 amide bonds. The van der Waals surface area contributed by atoms with Crippen LogP contribution in [0.2, 0.25) is 0 Å². The number of rotatable bonds is 8. The van der Waals surface area contributed by atoms with Crippen molar-refractivity contribution in [1.29, 1.82) is 0 Å². The van der Waals surface area contributed by atoms with E-state index in [-0.39, 0.29) is 12.2 Å². The second-order valence-electron chi connectivity index (χ2n) is 6.34. The van der Waals surface area contributed by atoms with E-state index >= 15 is 0 Å². The maximum absolute atomic E-state index is 14.0. The minimum Gasteiger partial charge on any atom is -0.444 e. The molecule has 1 atom stereocenters. The lowest BCUT2D eigenvalue weighted by molar-refractivity contribution is -0.157. The molecule has 2 aromatic rings. The van der Waals surface area contributed by atoms with Crippen LogP contribution in [0.15, 0.2) is 30.3 Å². The highest BCUT2D eigenvalue weighted by atomic mass is 31.2. The van der Waals surface area contributed by atoms with Gasteiger partial charge in [0.1, 0.15) is 5.75 Å². The lowest BCUT2D eigenvalue weighted by Gasteiger charge is -2.30. The van der Waals surface area contributed by atoms with Crippen molar-refractivity contribution in [3.05, 3.63) is 59.4 Å². The van der Waals surface area contributed by atoms with Crippen molar-refractivity contribution in [2.75, 3.05) is 0 Å². The predicted molar refractivity (Wildman–Crippen MR) is 95.1 cm³/mol. The Morgan fingerprint density at radius 2 is 1.43 bits per heavy atom. The van der Waals surface area contributed by atoms with Gasteiger partial charge in [-0.3, -0.25) is 4.79 Å². The molecule has 2 rings (SSSR count). The van der Waals surface area contributed by atoms with Crippen LogP contribution in [0.3, 0.4) is 0 Å².